The van der Waals surface area contributed by atoms with Crippen molar-refractivity contribution in [2.75, 3.05) is 12.4 Å². The lowest BCUT2D eigenvalue weighted by Crippen LogP contribution is -2.05. The van der Waals surface area contributed by atoms with Crippen molar-refractivity contribution >= 4 is 5.95 Å². The minimum Gasteiger partial charge on any atom is -0.358 e. The number of nitrogens with zero attached hydrogens (tertiary/aromatic N) is 4. The van der Waals surface area contributed by atoms with Crippen molar-refractivity contribution < 1.29 is 0 Å². The van der Waals surface area contributed by atoms with Crippen molar-refractivity contribution in [2.24, 2.45) is 7.05 Å². The number of anilines is 1. The maximum Gasteiger partial charge on any atom is 0.208 e. The summed E-state index contributed by atoms with van der Waals surface area (Å²) in [6.07, 6.45) is 5.40. The number of rotatable bonds is 2. The first-order valence-corrected chi connectivity index (χ1v) is 4.02. The average molecular weight is 177 g/mol. The second-order valence-electron chi connectivity index (χ2n) is 2.68. The van der Waals surface area contributed by atoms with Crippen LogP contribution >= 0.6 is 0 Å². The number of aromatic nitrogens is 4. The molecule has 5 heteroatoms. The first-order valence-electron chi connectivity index (χ1n) is 4.02. The average Bonchev–Trinajstić information content (AvgIpc) is 2.71. The lowest BCUT2D eigenvalue weighted by molar-refractivity contribution is 0.731. The van der Waals surface area contributed by atoms with Crippen LogP contribution in [-0.2, 0) is 7.05 Å². The highest BCUT2D eigenvalue weighted by molar-refractivity contribution is 5.36. The summed E-state index contributed by atoms with van der Waals surface area (Å²) in [5, 5.41) is 7.09. The van der Waals surface area contributed by atoms with Gasteiger partial charge in [0.25, 0.3) is 0 Å². The Morgan fingerprint density at radius 2 is 2.23 bits per heavy atom. The molecule has 1 N–H and O–H groups in total. The molecule has 0 aliphatic heterocycles. The van der Waals surface area contributed by atoms with Crippen molar-refractivity contribution in [1.82, 2.24) is 19.3 Å². The van der Waals surface area contributed by atoms with E-state index in [4.69, 9.17) is 0 Å². The van der Waals surface area contributed by atoms with E-state index in [0.717, 1.165) is 11.8 Å². The molecule has 0 radical (unpaired) electrons. The minimum absolute atomic E-state index is 0.809. The third-order valence-corrected chi connectivity index (χ3v) is 1.91. The Morgan fingerprint density at radius 1 is 1.38 bits per heavy atom. The van der Waals surface area contributed by atoms with Crippen LogP contribution in [0.25, 0.3) is 5.82 Å². The number of aryl methyl sites for hydroxylation is 1. The molecule has 5 nitrogen and oxygen atoms in total. The maximum atomic E-state index is 4.14. The Hall–Kier alpha value is -1.78. The number of nitrogens with one attached hydrogen (secondary N) is 1. The van der Waals surface area contributed by atoms with Crippen molar-refractivity contribution in [2.45, 2.75) is 0 Å². The molecule has 0 amide bonds. The first-order chi connectivity index (χ1) is 6.33. The van der Waals surface area contributed by atoms with Gasteiger partial charge in [0.15, 0.2) is 0 Å². The van der Waals surface area contributed by atoms with Gasteiger partial charge >= 0.3 is 0 Å². The summed E-state index contributed by atoms with van der Waals surface area (Å²) in [6.45, 7) is 0. The molecule has 0 saturated carbocycles. The molecule has 0 aliphatic carbocycles. The second kappa shape index (κ2) is 2.93. The predicted octanol–water partition coefficient (Wildman–Crippen LogP) is 0.647. The van der Waals surface area contributed by atoms with Crippen LogP contribution < -0.4 is 5.32 Å². The fourth-order valence-electron chi connectivity index (χ4n) is 1.28. The molecule has 2 heterocycles. The molecular formula is C8H11N5. The fourth-order valence-corrected chi connectivity index (χ4v) is 1.28. The lowest BCUT2D eigenvalue weighted by Gasteiger charge is -2.06. The summed E-state index contributed by atoms with van der Waals surface area (Å²) >= 11 is 0. The normalized spacial score (nSPS) is 10.3. The van der Waals surface area contributed by atoms with Crippen LogP contribution in [-0.4, -0.2) is 26.4 Å². The minimum atomic E-state index is 0.809. The molecule has 13 heavy (non-hydrogen) atoms. The highest BCUT2D eigenvalue weighted by Crippen LogP contribution is 2.11. The van der Waals surface area contributed by atoms with Crippen LogP contribution in [0.5, 0.6) is 0 Å². The van der Waals surface area contributed by atoms with Gasteiger partial charge in [-0.2, -0.15) is 5.10 Å². The van der Waals surface area contributed by atoms with E-state index in [9.17, 15) is 0 Å². The summed E-state index contributed by atoms with van der Waals surface area (Å²) in [7, 11) is 3.74. The molecule has 0 saturated heterocycles. The molecule has 0 fully saturated rings. The van der Waals surface area contributed by atoms with Gasteiger partial charge in [-0.05, 0) is 0 Å². The van der Waals surface area contributed by atoms with Crippen LogP contribution in [0, 0.1) is 0 Å². The quantitative estimate of drug-likeness (QED) is 0.732. The Labute approximate surface area is 76.0 Å². The smallest absolute Gasteiger partial charge is 0.208 e. The van der Waals surface area contributed by atoms with E-state index in [-0.39, 0.29) is 0 Å². The molecule has 0 aromatic carbocycles. The lowest BCUT2D eigenvalue weighted by atomic mass is 10.6. The van der Waals surface area contributed by atoms with E-state index >= 15 is 0 Å². The molecule has 0 atom stereocenters. The van der Waals surface area contributed by atoms with Gasteiger partial charge in [0.2, 0.25) is 5.95 Å². The Morgan fingerprint density at radius 3 is 2.85 bits per heavy atom. The van der Waals surface area contributed by atoms with Crippen molar-refractivity contribution in [3.05, 3.63) is 24.7 Å². The largest absolute Gasteiger partial charge is 0.358 e. The van der Waals surface area contributed by atoms with Gasteiger partial charge in [-0.1, -0.05) is 0 Å². The van der Waals surface area contributed by atoms with E-state index in [2.05, 4.69) is 15.4 Å². The second-order valence-corrected chi connectivity index (χ2v) is 2.68. The molecule has 0 aliphatic rings. The van der Waals surface area contributed by atoms with E-state index in [0.29, 0.717) is 0 Å². The van der Waals surface area contributed by atoms with Crippen molar-refractivity contribution in [3.63, 3.8) is 0 Å². The van der Waals surface area contributed by atoms with Crippen molar-refractivity contribution in [3.8, 4) is 5.82 Å². The molecule has 0 bridgehead atoms. The van der Waals surface area contributed by atoms with Crippen LogP contribution in [0.2, 0.25) is 0 Å². The Balaban J connectivity index is 2.52. The van der Waals surface area contributed by atoms with Gasteiger partial charge in [0.1, 0.15) is 5.82 Å². The third-order valence-electron chi connectivity index (χ3n) is 1.91. The zero-order valence-electron chi connectivity index (χ0n) is 7.60. The number of hydrogen-bond acceptors (Lipinski definition) is 3. The van der Waals surface area contributed by atoms with Crippen LogP contribution in [0.3, 0.4) is 0 Å². The van der Waals surface area contributed by atoms with E-state index in [1.165, 1.54) is 0 Å². The zero-order chi connectivity index (χ0) is 9.26. The van der Waals surface area contributed by atoms with Gasteiger partial charge in [-0.3, -0.25) is 9.25 Å². The Kier molecular flexibility index (Phi) is 1.77. The maximum absolute atomic E-state index is 4.14. The fraction of sp³-hybridized carbons (Fsp3) is 0.250. The topological polar surface area (TPSA) is 47.7 Å². The molecule has 2 rings (SSSR count). The van der Waals surface area contributed by atoms with Gasteiger partial charge in [0.05, 0.1) is 6.20 Å². The summed E-state index contributed by atoms with van der Waals surface area (Å²) in [5.41, 5.74) is 0. The SMILES string of the molecule is CNc1nccn1-c1ccnn1C. The molecule has 0 spiro atoms. The van der Waals surface area contributed by atoms with Gasteiger partial charge < -0.3 is 5.32 Å². The van der Waals surface area contributed by atoms with Crippen LogP contribution in [0.1, 0.15) is 0 Å². The molecule has 0 unspecified atom stereocenters. The van der Waals surface area contributed by atoms with Crippen LogP contribution in [0.4, 0.5) is 5.95 Å². The van der Waals surface area contributed by atoms with E-state index in [1.54, 1.807) is 17.1 Å². The molecule has 2 aromatic rings. The third kappa shape index (κ3) is 1.18. The molecule has 2 aromatic heterocycles. The van der Waals surface area contributed by atoms with E-state index in [1.807, 2.05) is 30.9 Å². The summed E-state index contributed by atoms with van der Waals surface area (Å²) < 4.78 is 3.73. The predicted molar refractivity (Wildman–Crippen MR) is 49.9 cm³/mol. The first kappa shape index (κ1) is 7.85. The standard InChI is InChI=1S/C8H11N5/c1-9-8-10-5-6-13(8)7-3-4-11-12(7)2/h3-6H,1-2H3,(H,9,10). The highest BCUT2D eigenvalue weighted by atomic mass is 15.3. The summed E-state index contributed by atoms with van der Waals surface area (Å²) in [4.78, 5) is 4.14. The monoisotopic (exact) mass is 177 g/mol. The van der Waals surface area contributed by atoms with Crippen molar-refractivity contribution in [1.29, 1.82) is 0 Å². The Bertz CT molecular complexity index is 400. The van der Waals surface area contributed by atoms with Gasteiger partial charge in [-0.15, -0.1) is 0 Å². The number of hydrogen-bond donors (Lipinski definition) is 1. The van der Waals surface area contributed by atoms with E-state index < -0.39 is 0 Å². The van der Waals surface area contributed by atoms with Gasteiger partial charge in [-0.25, -0.2) is 4.98 Å². The summed E-state index contributed by atoms with van der Waals surface area (Å²) in [6, 6.07) is 1.93. The molecule has 68 valence electrons. The highest BCUT2D eigenvalue weighted by Gasteiger charge is 2.05. The number of imidazole rings is 1. The molecular weight excluding hydrogens is 166 g/mol. The van der Waals surface area contributed by atoms with Crippen LogP contribution in [0.15, 0.2) is 24.7 Å². The zero-order valence-corrected chi connectivity index (χ0v) is 7.60. The van der Waals surface area contributed by atoms with Gasteiger partial charge in [0, 0.05) is 32.6 Å². The summed E-state index contributed by atoms with van der Waals surface area (Å²) in [5.74, 6) is 1.80.